The molecule has 5 rings (SSSR count). The molecule has 2 aliphatic rings. The molecule has 0 atom stereocenters. The minimum absolute atomic E-state index is 0. The van der Waals surface area contributed by atoms with E-state index < -0.39 is 11.9 Å². The number of likely N-dealkylation sites (N-methyl/N-ethyl adjacent to an activating group) is 1. The van der Waals surface area contributed by atoms with Crippen LogP contribution >= 0.6 is 12.4 Å². The molecule has 8 nitrogen and oxygen atoms in total. The number of anilines is 1. The maximum atomic E-state index is 13.1. The van der Waals surface area contributed by atoms with Crippen molar-refractivity contribution in [2.45, 2.75) is 19.3 Å². The van der Waals surface area contributed by atoms with Gasteiger partial charge in [0.2, 0.25) is 0 Å². The molecule has 2 saturated heterocycles. The summed E-state index contributed by atoms with van der Waals surface area (Å²) in [6.07, 6.45) is 4.88. The van der Waals surface area contributed by atoms with Gasteiger partial charge in [0.15, 0.2) is 0 Å². The zero-order chi connectivity index (χ0) is 28.6. The lowest BCUT2D eigenvalue weighted by Gasteiger charge is -2.32. The number of nitrogens with one attached hydrogen (secondary N) is 1. The topological polar surface area (TPSA) is 74.3 Å². The Bertz CT molecular complexity index is 1360. The molecule has 2 heterocycles. The molecule has 1 N–H and O–H groups in total. The Hall–Kier alpha value is -3.92. The Morgan fingerprint density at radius 2 is 1.43 bits per heavy atom. The number of carbonyl (C=O) groups is 2. The van der Waals surface area contributed by atoms with Gasteiger partial charge in [0.25, 0.3) is 5.91 Å². The highest BCUT2D eigenvalue weighted by molar-refractivity contribution is 6.28. The Kier molecular flexibility index (Phi) is 10.9. The van der Waals surface area contributed by atoms with Crippen molar-refractivity contribution < 1.29 is 23.5 Å². The van der Waals surface area contributed by atoms with Gasteiger partial charge in [0.05, 0.1) is 12.3 Å². The number of ether oxygens (including phenoxy) is 2. The normalized spacial score (nSPS) is 16.8. The second-order valence-corrected chi connectivity index (χ2v) is 10.3. The van der Waals surface area contributed by atoms with Crippen LogP contribution in [0.25, 0.3) is 6.08 Å². The summed E-state index contributed by atoms with van der Waals surface area (Å²) in [5, 5.41) is 2.65. The highest BCUT2D eigenvalue weighted by atomic mass is 35.5. The largest absolute Gasteiger partial charge is 0.494 e. The highest BCUT2D eigenvalue weighted by Gasteiger charge is 2.34. The second-order valence-electron chi connectivity index (χ2n) is 10.3. The van der Waals surface area contributed by atoms with E-state index >= 15 is 0 Å². The number of hydrogen-bond donors (Lipinski definition) is 1. The Morgan fingerprint density at radius 3 is 2.10 bits per heavy atom. The van der Waals surface area contributed by atoms with E-state index in [4.69, 9.17) is 9.47 Å². The molecule has 3 aromatic rings. The maximum Gasteiger partial charge on any atom is 0.333 e. The molecule has 2 fully saturated rings. The molecule has 2 aliphatic heterocycles. The van der Waals surface area contributed by atoms with E-state index in [0.717, 1.165) is 50.5 Å². The molecular formula is C32H36ClFN4O4. The van der Waals surface area contributed by atoms with Gasteiger partial charge in [0, 0.05) is 26.2 Å². The number of piperazine rings is 1. The van der Waals surface area contributed by atoms with Crippen molar-refractivity contribution in [1.29, 1.82) is 0 Å². The molecule has 0 radical (unpaired) electrons. The van der Waals surface area contributed by atoms with Gasteiger partial charge < -0.3 is 24.6 Å². The molecule has 3 aromatic carbocycles. The van der Waals surface area contributed by atoms with E-state index in [0.29, 0.717) is 35.1 Å². The van der Waals surface area contributed by atoms with Gasteiger partial charge in [-0.25, -0.2) is 14.1 Å². The van der Waals surface area contributed by atoms with E-state index in [1.54, 1.807) is 66.7 Å². The number of urea groups is 1. The van der Waals surface area contributed by atoms with Crippen LogP contribution in [0, 0.1) is 5.82 Å². The third kappa shape index (κ3) is 8.31. The van der Waals surface area contributed by atoms with Crippen LogP contribution in [-0.2, 0) is 4.79 Å². The fourth-order valence-electron chi connectivity index (χ4n) is 4.77. The Labute approximate surface area is 252 Å². The van der Waals surface area contributed by atoms with Gasteiger partial charge in [-0.1, -0.05) is 12.1 Å². The summed E-state index contributed by atoms with van der Waals surface area (Å²) in [6, 6.07) is 19.2. The first-order valence-corrected chi connectivity index (χ1v) is 14.0. The molecule has 0 spiro atoms. The standard InChI is InChI=1S/C32H35FN4O4.ClH/c1-35-18-20-36(21-19-35)17-3-2-4-22-40-27-15-9-26(10-16-27)37-31(38)30(34-32(37)39)23-24-5-11-28(12-6-24)41-29-13-7-25(33)8-14-29;/h5-16,23H,2-4,17-22H2,1H3,(H,34,39);1H. The molecule has 222 valence electrons. The van der Waals surface area contributed by atoms with Crippen LogP contribution in [0.3, 0.4) is 0 Å². The zero-order valence-corrected chi connectivity index (χ0v) is 24.4. The molecule has 0 aliphatic carbocycles. The van der Waals surface area contributed by atoms with E-state index in [1.807, 2.05) is 0 Å². The molecule has 0 aromatic heterocycles. The molecule has 10 heteroatoms. The number of carbonyl (C=O) groups excluding carboxylic acids is 2. The molecule has 42 heavy (non-hydrogen) atoms. The van der Waals surface area contributed by atoms with Crippen molar-refractivity contribution in [1.82, 2.24) is 15.1 Å². The van der Waals surface area contributed by atoms with Crippen LogP contribution in [0.2, 0.25) is 0 Å². The highest BCUT2D eigenvalue weighted by Crippen LogP contribution is 2.26. The van der Waals surface area contributed by atoms with Crippen LogP contribution in [-0.4, -0.2) is 68.1 Å². The summed E-state index contributed by atoms with van der Waals surface area (Å²) >= 11 is 0. The first-order chi connectivity index (χ1) is 19.9. The van der Waals surface area contributed by atoms with Crippen molar-refractivity contribution in [3.63, 3.8) is 0 Å². The summed E-state index contributed by atoms with van der Waals surface area (Å²) in [6.45, 7) is 6.36. The number of hydrogen-bond acceptors (Lipinski definition) is 6. The fraction of sp³-hybridized carbons (Fsp3) is 0.312. The fourth-order valence-corrected chi connectivity index (χ4v) is 4.77. The van der Waals surface area contributed by atoms with Gasteiger partial charge in [-0.2, -0.15) is 0 Å². The van der Waals surface area contributed by atoms with Crippen LogP contribution in [0.15, 0.2) is 78.5 Å². The second kappa shape index (κ2) is 14.8. The number of amides is 3. The van der Waals surface area contributed by atoms with E-state index in [2.05, 4.69) is 22.2 Å². The molecule has 0 saturated carbocycles. The quantitative estimate of drug-likeness (QED) is 0.168. The van der Waals surface area contributed by atoms with E-state index in [-0.39, 0.29) is 23.9 Å². The van der Waals surface area contributed by atoms with Crippen molar-refractivity contribution in [3.8, 4) is 17.2 Å². The first kappa shape index (κ1) is 31.0. The number of nitrogens with zero attached hydrogens (tertiary/aromatic N) is 3. The SMILES string of the molecule is CN1CCN(CCCCCOc2ccc(N3C(=O)NC(=Cc4ccc(Oc5ccc(F)cc5)cc4)C3=O)cc2)CC1.Cl. The third-order valence-electron chi connectivity index (χ3n) is 7.20. The van der Waals surface area contributed by atoms with Crippen molar-refractivity contribution in [3.05, 3.63) is 89.9 Å². The Morgan fingerprint density at radius 1 is 0.810 bits per heavy atom. The van der Waals surface area contributed by atoms with Gasteiger partial charge in [-0.3, -0.25) is 4.79 Å². The zero-order valence-electron chi connectivity index (χ0n) is 23.6. The van der Waals surface area contributed by atoms with Gasteiger partial charge in [-0.05, 0) is 105 Å². The average molecular weight is 595 g/mol. The van der Waals surface area contributed by atoms with Gasteiger partial charge >= 0.3 is 6.03 Å². The number of unbranched alkanes of at least 4 members (excludes halogenated alkanes) is 2. The lowest BCUT2D eigenvalue weighted by molar-refractivity contribution is -0.113. The van der Waals surface area contributed by atoms with Crippen LogP contribution < -0.4 is 19.7 Å². The van der Waals surface area contributed by atoms with Gasteiger partial charge in [-0.15, -0.1) is 12.4 Å². The smallest absolute Gasteiger partial charge is 0.333 e. The number of halogens is 2. The van der Waals surface area contributed by atoms with E-state index in [9.17, 15) is 14.0 Å². The summed E-state index contributed by atoms with van der Waals surface area (Å²) in [7, 11) is 2.17. The predicted octanol–water partition coefficient (Wildman–Crippen LogP) is 5.93. The van der Waals surface area contributed by atoms with Gasteiger partial charge in [0.1, 0.15) is 28.8 Å². The molecule has 0 unspecified atom stereocenters. The molecular weight excluding hydrogens is 559 g/mol. The van der Waals surface area contributed by atoms with Crippen LogP contribution in [0.4, 0.5) is 14.9 Å². The van der Waals surface area contributed by atoms with Crippen molar-refractivity contribution >= 4 is 36.1 Å². The number of rotatable bonds is 11. The molecule has 0 bridgehead atoms. The van der Waals surface area contributed by atoms with Crippen molar-refractivity contribution in [2.24, 2.45) is 0 Å². The molecule has 3 amide bonds. The summed E-state index contributed by atoms with van der Waals surface area (Å²) in [5.74, 6) is 1.02. The predicted molar refractivity (Wildman–Crippen MR) is 164 cm³/mol. The minimum Gasteiger partial charge on any atom is -0.494 e. The lowest BCUT2D eigenvalue weighted by atomic mass is 10.2. The van der Waals surface area contributed by atoms with Crippen LogP contribution in [0.1, 0.15) is 24.8 Å². The van der Waals surface area contributed by atoms with Crippen molar-refractivity contribution in [2.75, 3.05) is 51.3 Å². The number of imide groups is 1. The van der Waals surface area contributed by atoms with Crippen LogP contribution in [0.5, 0.6) is 17.2 Å². The maximum absolute atomic E-state index is 13.1. The monoisotopic (exact) mass is 594 g/mol. The number of benzene rings is 3. The lowest BCUT2D eigenvalue weighted by Crippen LogP contribution is -2.44. The summed E-state index contributed by atoms with van der Waals surface area (Å²) in [5.41, 5.74) is 1.37. The summed E-state index contributed by atoms with van der Waals surface area (Å²) in [4.78, 5) is 31.7. The average Bonchev–Trinajstić information content (AvgIpc) is 3.26. The minimum atomic E-state index is -0.508. The Balaban J connectivity index is 0.00000405. The summed E-state index contributed by atoms with van der Waals surface area (Å²) < 4.78 is 24.7. The first-order valence-electron chi connectivity index (χ1n) is 14.0. The third-order valence-corrected chi connectivity index (χ3v) is 7.20. The van der Waals surface area contributed by atoms with E-state index in [1.165, 1.54) is 18.6 Å².